The Labute approximate surface area is 172 Å². The van der Waals surface area contributed by atoms with Gasteiger partial charge < -0.3 is 15.0 Å². The Morgan fingerprint density at radius 2 is 1.75 bits per heavy atom. The first-order valence-electron chi connectivity index (χ1n) is 9.10. The van der Waals surface area contributed by atoms with Gasteiger partial charge in [-0.05, 0) is 49.2 Å². The van der Waals surface area contributed by atoms with Crippen LogP contribution in [-0.4, -0.2) is 37.4 Å². The van der Waals surface area contributed by atoms with Gasteiger partial charge in [-0.2, -0.15) is 0 Å². The second-order valence-corrected chi connectivity index (χ2v) is 8.19. The topological polar surface area (TPSA) is 75.7 Å². The van der Waals surface area contributed by atoms with E-state index >= 15 is 0 Å². The molecule has 0 aliphatic carbocycles. The molecule has 1 aromatic carbocycles. The minimum atomic E-state index is -0.587. The number of carbonyl (C=O) groups excluding carboxylic acids is 3. The summed E-state index contributed by atoms with van der Waals surface area (Å²) in [5, 5.41) is 2.69. The molecule has 28 heavy (non-hydrogen) atoms. The van der Waals surface area contributed by atoms with Crippen molar-refractivity contribution >= 4 is 52.0 Å². The monoisotopic (exact) mass is 420 g/mol. The maximum Gasteiger partial charge on any atom is 0.306 e. The second kappa shape index (κ2) is 9.71. The summed E-state index contributed by atoms with van der Waals surface area (Å²) in [5.41, 5.74) is 1.78. The van der Waals surface area contributed by atoms with Crippen LogP contribution < -0.4 is 10.2 Å². The Balaban J connectivity index is 1.37. The number of halogens is 1. The van der Waals surface area contributed by atoms with Gasteiger partial charge in [0.25, 0.3) is 5.91 Å². The number of nitrogens with one attached hydrogen (secondary N) is 1. The minimum Gasteiger partial charge on any atom is -0.456 e. The molecule has 1 amide bonds. The number of rotatable bonds is 8. The van der Waals surface area contributed by atoms with Crippen molar-refractivity contribution in [1.29, 1.82) is 0 Å². The Hall–Kier alpha value is -2.38. The van der Waals surface area contributed by atoms with Crippen LogP contribution in [0.1, 0.15) is 35.4 Å². The predicted molar refractivity (Wildman–Crippen MR) is 110 cm³/mol. The fourth-order valence-electron chi connectivity index (χ4n) is 2.95. The average Bonchev–Trinajstić information content (AvgIpc) is 3.37. The molecule has 1 fully saturated rings. The molecular formula is C20H21ClN2O4S. The number of thiophene rings is 1. The van der Waals surface area contributed by atoms with Crippen LogP contribution in [0.2, 0.25) is 4.34 Å². The van der Waals surface area contributed by atoms with Gasteiger partial charge in [0, 0.05) is 30.9 Å². The van der Waals surface area contributed by atoms with Crippen LogP contribution in [0, 0.1) is 0 Å². The molecular weight excluding hydrogens is 400 g/mol. The van der Waals surface area contributed by atoms with Gasteiger partial charge in [0.2, 0.25) is 0 Å². The molecule has 0 spiro atoms. The molecule has 0 atom stereocenters. The van der Waals surface area contributed by atoms with E-state index in [1.165, 1.54) is 24.2 Å². The number of amides is 1. The van der Waals surface area contributed by atoms with Crippen LogP contribution in [0.3, 0.4) is 0 Å². The molecule has 0 saturated carbocycles. The van der Waals surface area contributed by atoms with Crippen molar-refractivity contribution in [3.63, 3.8) is 0 Å². The van der Waals surface area contributed by atoms with E-state index in [0.717, 1.165) is 18.8 Å². The molecule has 0 radical (unpaired) electrons. The van der Waals surface area contributed by atoms with Crippen LogP contribution in [-0.2, 0) is 14.3 Å². The van der Waals surface area contributed by atoms with E-state index in [2.05, 4.69) is 10.2 Å². The van der Waals surface area contributed by atoms with Crippen molar-refractivity contribution < 1.29 is 19.1 Å². The lowest BCUT2D eigenvalue weighted by molar-refractivity contribution is -0.147. The first-order valence-corrected chi connectivity index (χ1v) is 10.3. The third-order valence-electron chi connectivity index (χ3n) is 4.39. The number of Topliss-reactive ketones (excluding diaryl/α,β-unsaturated/α-hetero) is 1. The SMILES string of the molecule is O=C(COC(=O)CCC(=O)c1ccc(Cl)s1)Nc1ccc(N2CCCC2)cc1. The molecule has 2 heterocycles. The summed E-state index contributed by atoms with van der Waals surface area (Å²) in [6.07, 6.45) is 2.36. The van der Waals surface area contributed by atoms with Gasteiger partial charge in [-0.15, -0.1) is 11.3 Å². The normalized spacial score (nSPS) is 13.4. The van der Waals surface area contributed by atoms with Crippen molar-refractivity contribution in [2.45, 2.75) is 25.7 Å². The maximum absolute atomic E-state index is 11.9. The highest BCUT2D eigenvalue weighted by Crippen LogP contribution is 2.23. The lowest BCUT2D eigenvalue weighted by atomic mass is 10.2. The molecule has 148 valence electrons. The van der Waals surface area contributed by atoms with Gasteiger partial charge >= 0.3 is 5.97 Å². The summed E-state index contributed by atoms with van der Waals surface area (Å²) in [4.78, 5) is 38.4. The first kappa shape index (κ1) is 20.4. The summed E-state index contributed by atoms with van der Waals surface area (Å²) in [6, 6.07) is 10.9. The molecule has 3 rings (SSSR count). The van der Waals surface area contributed by atoms with E-state index in [9.17, 15) is 14.4 Å². The zero-order chi connectivity index (χ0) is 19.9. The summed E-state index contributed by atoms with van der Waals surface area (Å²) in [6.45, 7) is 1.74. The van der Waals surface area contributed by atoms with E-state index in [1.807, 2.05) is 24.3 Å². The summed E-state index contributed by atoms with van der Waals surface area (Å²) in [5.74, 6) is -1.18. The van der Waals surface area contributed by atoms with Gasteiger partial charge in [-0.25, -0.2) is 0 Å². The Kier molecular flexibility index (Phi) is 7.06. The van der Waals surface area contributed by atoms with Crippen molar-refractivity contribution in [2.75, 3.05) is 29.9 Å². The number of carbonyl (C=O) groups is 3. The lowest BCUT2D eigenvalue weighted by Gasteiger charge is -2.17. The Bertz CT molecular complexity index is 844. The Morgan fingerprint density at radius 1 is 1.04 bits per heavy atom. The van der Waals surface area contributed by atoms with Gasteiger partial charge in [0.05, 0.1) is 15.6 Å². The number of nitrogens with zero attached hydrogens (tertiary/aromatic N) is 1. The molecule has 1 aliphatic heterocycles. The lowest BCUT2D eigenvalue weighted by Crippen LogP contribution is -2.21. The van der Waals surface area contributed by atoms with E-state index in [1.54, 1.807) is 12.1 Å². The molecule has 0 bridgehead atoms. The zero-order valence-electron chi connectivity index (χ0n) is 15.3. The average molecular weight is 421 g/mol. The molecule has 1 aliphatic rings. The highest BCUT2D eigenvalue weighted by atomic mass is 35.5. The number of hydrogen-bond acceptors (Lipinski definition) is 6. The molecule has 6 nitrogen and oxygen atoms in total. The number of ether oxygens (including phenoxy) is 1. The summed E-state index contributed by atoms with van der Waals surface area (Å²) < 4.78 is 5.46. The third-order valence-corrected chi connectivity index (χ3v) is 5.66. The summed E-state index contributed by atoms with van der Waals surface area (Å²) in [7, 11) is 0. The molecule has 8 heteroatoms. The number of ketones is 1. The van der Waals surface area contributed by atoms with E-state index in [-0.39, 0.29) is 25.2 Å². The molecule has 1 N–H and O–H groups in total. The smallest absolute Gasteiger partial charge is 0.306 e. The first-order chi connectivity index (χ1) is 13.5. The maximum atomic E-state index is 11.9. The van der Waals surface area contributed by atoms with Crippen LogP contribution in [0.5, 0.6) is 0 Å². The molecule has 1 aromatic heterocycles. The van der Waals surface area contributed by atoms with Gasteiger partial charge in [-0.3, -0.25) is 14.4 Å². The van der Waals surface area contributed by atoms with Crippen LogP contribution >= 0.6 is 22.9 Å². The fraction of sp³-hybridized carbons (Fsp3) is 0.350. The fourth-order valence-corrected chi connectivity index (χ4v) is 3.96. The van der Waals surface area contributed by atoms with Crippen molar-refractivity contribution in [2.24, 2.45) is 0 Å². The largest absolute Gasteiger partial charge is 0.456 e. The number of benzene rings is 1. The van der Waals surface area contributed by atoms with Crippen LogP contribution in [0.25, 0.3) is 0 Å². The van der Waals surface area contributed by atoms with E-state index in [0.29, 0.717) is 14.9 Å². The number of esters is 1. The Morgan fingerprint density at radius 3 is 2.39 bits per heavy atom. The summed E-state index contributed by atoms with van der Waals surface area (Å²) >= 11 is 6.96. The van der Waals surface area contributed by atoms with Crippen molar-refractivity contribution in [3.8, 4) is 0 Å². The van der Waals surface area contributed by atoms with Gasteiger partial charge in [0.15, 0.2) is 12.4 Å². The van der Waals surface area contributed by atoms with E-state index in [4.69, 9.17) is 16.3 Å². The van der Waals surface area contributed by atoms with Gasteiger partial charge in [-0.1, -0.05) is 11.6 Å². The second-order valence-electron chi connectivity index (χ2n) is 6.48. The van der Waals surface area contributed by atoms with Crippen molar-refractivity contribution in [3.05, 3.63) is 45.6 Å². The van der Waals surface area contributed by atoms with Crippen LogP contribution in [0.15, 0.2) is 36.4 Å². The van der Waals surface area contributed by atoms with E-state index < -0.39 is 11.9 Å². The highest BCUT2D eigenvalue weighted by molar-refractivity contribution is 7.18. The zero-order valence-corrected chi connectivity index (χ0v) is 16.9. The standard InChI is InChI=1S/C20H21ClN2O4S/c21-18-9-8-17(28-18)16(24)7-10-20(26)27-13-19(25)22-14-3-5-15(6-4-14)23-11-1-2-12-23/h3-6,8-9H,1-2,7,10-13H2,(H,22,25). The molecule has 2 aromatic rings. The number of anilines is 2. The quantitative estimate of drug-likeness (QED) is 0.513. The number of hydrogen-bond donors (Lipinski definition) is 1. The van der Waals surface area contributed by atoms with Crippen LogP contribution in [0.4, 0.5) is 11.4 Å². The third kappa shape index (κ3) is 5.81. The molecule has 1 saturated heterocycles. The molecule has 0 unspecified atom stereocenters. The predicted octanol–water partition coefficient (Wildman–Crippen LogP) is 4.15. The van der Waals surface area contributed by atoms with Crippen molar-refractivity contribution in [1.82, 2.24) is 0 Å². The minimum absolute atomic E-state index is 0.0231. The highest BCUT2D eigenvalue weighted by Gasteiger charge is 2.14. The van der Waals surface area contributed by atoms with Gasteiger partial charge in [0.1, 0.15) is 0 Å².